The van der Waals surface area contributed by atoms with E-state index in [-0.39, 0.29) is 0 Å². The molecule has 12 heavy (non-hydrogen) atoms. The Balaban J connectivity index is 3.34. The summed E-state index contributed by atoms with van der Waals surface area (Å²) in [4.78, 5) is 0. The molecule has 64 valence electrons. The largest absolute Gasteiger partial charge is 0.353 e. The lowest BCUT2D eigenvalue weighted by Crippen LogP contribution is -1.94. The van der Waals surface area contributed by atoms with E-state index in [2.05, 4.69) is 26.8 Å². The average molecular weight is 162 g/mol. The molecule has 1 aromatic heterocycles. The van der Waals surface area contributed by atoms with Crippen LogP contribution in [-0.4, -0.2) is 4.57 Å². The van der Waals surface area contributed by atoms with Gasteiger partial charge >= 0.3 is 0 Å². The molecule has 0 saturated carbocycles. The third kappa shape index (κ3) is 1.23. The zero-order chi connectivity index (χ0) is 9.30. The molecule has 0 aliphatic heterocycles. The lowest BCUT2D eigenvalue weighted by Gasteiger charge is -2.05. The van der Waals surface area contributed by atoms with Crippen molar-refractivity contribution in [2.24, 2.45) is 7.05 Å². The molecule has 0 aliphatic rings. The molecular weight excluding hydrogens is 148 g/mol. The highest BCUT2D eigenvalue weighted by Crippen LogP contribution is 2.23. The van der Waals surface area contributed by atoms with Gasteiger partial charge in [-0.05, 0) is 18.4 Å². The van der Waals surface area contributed by atoms with Crippen LogP contribution in [0.4, 0.5) is 0 Å². The van der Waals surface area contributed by atoms with Crippen molar-refractivity contribution in [2.75, 3.05) is 0 Å². The number of hydrogen-bond donors (Lipinski definition) is 0. The summed E-state index contributed by atoms with van der Waals surface area (Å²) in [7, 11) is 1.97. The summed E-state index contributed by atoms with van der Waals surface area (Å²) in [6, 6.07) is 2.22. The maximum atomic E-state index is 8.84. The van der Waals surface area contributed by atoms with E-state index in [4.69, 9.17) is 5.26 Å². The van der Waals surface area contributed by atoms with Gasteiger partial charge < -0.3 is 4.57 Å². The second-order valence-electron chi connectivity index (χ2n) is 3.42. The van der Waals surface area contributed by atoms with Gasteiger partial charge in [0.1, 0.15) is 6.07 Å². The van der Waals surface area contributed by atoms with Gasteiger partial charge in [0.2, 0.25) is 0 Å². The summed E-state index contributed by atoms with van der Waals surface area (Å²) < 4.78 is 2.01. The van der Waals surface area contributed by atoms with Gasteiger partial charge in [0.05, 0.1) is 5.56 Å². The lowest BCUT2D eigenvalue weighted by molar-refractivity contribution is 0.817. The Kier molecular flexibility index (Phi) is 2.23. The van der Waals surface area contributed by atoms with Gasteiger partial charge in [0.25, 0.3) is 0 Å². The van der Waals surface area contributed by atoms with E-state index in [0.717, 1.165) is 5.56 Å². The van der Waals surface area contributed by atoms with Gasteiger partial charge in [-0.25, -0.2) is 0 Å². The van der Waals surface area contributed by atoms with Gasteiger partial charge in [-0.1, -0.05) is 13.8 Å². The molecular formula is C10H14N2. The number of nitrogens with zero attached hydrogens (tertiary/aromatic N) is 2. The molecule has 0 radical (unpaired) electrons. The molecule has 0 spiro atoms. The van der Waals surface area contributed by atoms with E-state index in [0.29, 0.717) is 5.92 Å². The van der Waals surface area contributed by atoms with Crippen molar-refractivity contribution in [3.8, 4) is 6.07 Å². The molecule has 1 heterocycles. The van der Waals surface area contributed by atoms with Crippen molar-refractivity contribution in [1.82, 2.24) is 4.57 Å². The topological polar surface area (TPSA) is 28.7 Å². The maximum absolute atomic E-state index is 8.84. The summed E-state index contributed by atoms with van der Waals surface area (Å²) in [5.74, 6) is 0.431. The van der Waals surface area contributed by atoms with Gasteiger partial charge in [0, 0.05) is 18.9 Å². The quantitative estimate of drug-likeness (QED) is 0.623. The summed E-state index contributed by atoms with van der Waals surface area (Å²) in [6.45, 7) is 6.28. The van der Waals surface area contributed by atoms with Gasteiger partial charge in [0.15, 0.2) is 0 Å². The van der Waals surface area contributed by atoms with Crippen molar-refractivity contribution in [2.45, 2.75) is 26.7 Å². The van der Waals surface area contributed by atoms with Crippen LogP contribution in [0.15, 0.2) is 6.20 Å². The average Bonchev–Trinajstić information content (AvgIpc) is 2.28. The molecule has 0 unspecified atom stereocenters. The number of nitriles is 1. The van der Waals surface area contributed by atoms with Crippen LogP contribution < -0.4 is 0 Å². The van der Waals surface area contributed by atoms with E-state index < -0.39 is 0 Å². The monoisotopic (exact) mass is 162 g/mol. The van der Waals surface area contributed by atoms with Crippen LogP contribution in [-0.2, 0) is 7.05 Å². The van der Waals surface area contributed by atoms with E-state index in [1.165, 1.54) is 11.3 Å². The molecule has 1 rings (SSSR count). The van der Waals surface area contributed by atoms with Crippen LogP contribution in [0.3, 0.4) is 0 Å². The van der Waals surface area contributed by atoms with Crippen LogP contribution >= 0.6 is 0 Å². The number of aromatic nitrogens is 1. The number of aryl methyl sites for hydroxylation is 1. The van der Waals surface area contributed by atoms with Crippen molar-refractivity contribution in [3.05, 3.63) is 23.0 Å². The minimum absolute atomic E-state index is 0.431. The molecule has 1 aromatic rings. The highest BCUT2D eigenvalue weighted by Gasteiger charge is 2.12. The first-order chi connectivity index (χ1) is 5.57. The van der Waals surface area contributed by atoms with Crippen molar-refractivity contribution >= 4 is 0 Å². The van der Waals surface area contributed by atoms with Crippen LogP contribution in [0.25, 0.3) is 0 Å². The number of rotatable bonds is 1. The van der Waals surface area contributed by atoms with E-state index in [1.54, 1.807) is 0 Å². The van der Waals surface area contributed by atoms with Crippen molar-refractivity contribution < 1.29 is 0 Å². The van der Waals surface area contributed by atoms with Crippen molar-refractivity contribution in [1.29, 1.82) is 5.26 Å². The summed E-state index contributed by atoms with van der Waals surface area (Å²) in [6.07, 6.45) is 1.89. The first kappa shape index (κ1) is 8.86. The summed E-state index contributed by atoms with van der Waals surface area (Å²) >= 11 is 0. The van der Waals surface area contributed by atoms with Gasteiger partial charge in [-0.3, -0.25) is 0 Å². The third-order valence-corrected chi connectivity index (χ3v) is 2.23. The van der Waals surface area contributed by atoms with E-state index in [9.17, 15) is 0 Å². The molecule has 0 N–H and O–H groups in total. The van der Waals surface area contributed by atoms with Crippen LogP contribution in [0.2, 0.25) is 0 Å². The van der Waals surface area contributed by atoms with Gasteiger partial charge in [-0.2, -0.15) is 5.26 Å². The molecule has 2 heteroatoms. The lowest BCUT2D eigenvalue weighted by atomic mass is 10.0. The van der Waals surface area contributed by atoms with E-state index in [1.807, 2.05) is 17.8 Å². The van der Waals surface area contributed by atoms with Crippen LogP contribution in [0.5, 0.6) is 0 Å². The predicted molar refractivity (Wildman–Crippen MR) is 49.0 cm³/mol. The third-order valence-electron chi connectivity index (χ3n) is 2.23. The zero-order valence-corrected chi connectivity index (χ0v) is 8.05. The highest BCUT2D eigenvalue weighted by molar-refractivity contribution is 5.42. The second kappa shape index (κ2) is 3.02. The van der Waals surface area contributed by atoms with Crippen LogP contribution in [0.1, 0.15) is 36.6 Å². The summed E-state index contributed by atoms with van der Waals surface area (Å²) in [5.41, 5.74) is 3.19. The Morgan fingerprint density at radius 2 is 2.08 bits per heavy atom. The minimum Gasteiger partial charge on any atom is -0.353 e. The fourth-order valence-corrected chi connectivity index (χ4v) is 1.56. The number of hydrogen-bond acceptors (Lipinski definition) is 1. The Morgan fingerprint density at radius 1 is 1.50 bits per heavy atom. The van der Waals surface area contributed by atoms with Crippen molar-refractivity contribution in [3.63, 3.8) is 0 Å². The Morgan fingerprint density at radius 3 is 2.42 bits per heavy atom. The molecule has 0 amide bonds. The Labute approximate surface area is 73.4 Å². The van der Waals surface area contributed by atoms with Crippen LogP contribution in [0, 0.1) is 18.3 Å². The summed E-state index contributed by atoms with van der Waals surface area (Å²) in [5, 5.41) is 8.84. The Bertz CT molecular complexity index is 326. The normalized spacial score (nSPS) is 10.3. The second-order valence-corrected chi connectivity index (χ2v) is 3.42. The molecule has 0 atom stereocenters. The molecule has 2 nitrogen and oxygen atoms in total. The molecule has 0 aromatic carbocycles. The fourth-order valence-electron chi connectivity index (χ4n) is 1.56. The first-order valence-corrected chi connectivity index (χ1v) is 4.13. The Hall–Kier alpha value is -1.23. The molecule has 0 saturated heterocycles. The standard InChI is InChI=1S/C10H14N2/c1-7(2)10-8(3)12(4)6-9(10)5-11/h6-7H,1-4H3. The zero-order valence-electron chi connectivity index (χ0n) is 8.05. The predicted octanol–water partition coefficient (Wildman–Crippen LogP) is 2.33. The highest BCUT2D eigenvalue weighted by atomic mass is 14.9. The first-order valence-electron chi connectivity index (χ1n) is 4.13. The smallest absolute Gasteiger partial charge is 0.101 e. The van der Waals surface area contributed by atoms with E-state index >= 15 is 0 Å². The fraction of sp³-hybridized carbons (Fsp3) is 0.500. The maximum Gasteiger partial charge on any atom is 0.101 e. The molecule has 0 bridgehead atoms. The minimum atomic E-state index is 0.431. The molecule has 0 fully saturated rings. The van der Waals surface area contributed by atoms with Gasteiger partial charge in [-0.15, -0.1) is 0 Å². The molecule has 0 aliphatic carbocycles. The SMILES string of the molecule is Cc1c(C(C)C)c(C#N)cn1C.